The number of piperidine rings is 1. The van der Waals surface area contributed by atoms with Crippen molar-refractivity contribution in [3.8, 4) is 0 Å². The zero-order valence-electron chi connectivity index (χ0n) is 16.9. The second-order valence-corrected chi connectivity index (χ2v) is 9.56. The Morgan fingerprint density at radius 3 is 2.41 bits per heavy atom. The van der Waals surface area contributed by atoms with E-state index in [9.17, 15) is 18.0 Å². The quantitative estimate of drug-likeness (QED) is 0.685. The molecule has 0 bridgehead atoms. The lowest BCUT2D eigenvalue weighted by Crippen LogP contribution is -3.12. The van der Waals surface area contributed by atoms with Gasteiger partial charge in [-0.3, -0.25) is 10.1 Å². The van der Waals surface area contributed by atoms with E-state index in [0.29, 0.717) is 25.1 Å². The van der Waals surface area contributed by atoms with Crippen LogP contribution in [-0.4, -0.2) is 83.0 Å². The fourth-order valence-electron chi connectivity index (χ4n) is 3.76. The average Bonchev–Trinajstić information content (AvgIpc) is 2.74. The van der Waals surface area contributed by atoms with Gasteiger partial charge in [0.2, 0.25) is 15.9 Å². The molecule has 2 amide bonds. The van der Waals surface area contributed by atoms with Crippen LogP contribution >= 0.6 is 0 Å². The zero-order chi connectivity index (χ0) is 21.0. The molecule has 2 heterocycles. The lowest BCUT2D eigenvalue weighted by molar-refractivity contribution is -0.883. The molecule has 1 aromatic rings. The van der Waals surface area contributed by atoms with Crippen LogP contribution in [-0.2, 0) is 19.6 Å². The minimum Gasteiger partial charge on any atom is -0.453 e. The largest absolute Gasteiger partial charge is 0.453 e. The Kier molecular flexibility index (Phi) is 6.76. The van der Waals surface area contributed by atoms with Gasteiger partial charge < -0.3 is 14.5 Å². The molecular weight excluding hydrogens is 396 g/mol. The number of quaternary nitrogens is 1. The van der Waals surface area contributed by atoms with Gasteiger partial charge in [-0.1, -0.05) is 0 Å². The standard InChI is InChI=1S/C19H28N4O5S/c1-21-10-12-22(13-11-21)18(24)15-4-3-9-23(14-15)29(26,27)17-7-5-16(6-8-17)20-19(25)28-2/h5-8,15H,3-4,9-14H2,1-2H3,(H,20,25)/p+1/t15-/m1/s1. The molecule has 2 N–H and O–H groups in total. The summed E-state index contributed by atoms with van der Waals surface area (Å²) in [5.74, 6) is -0.229. The number of carbonyl (C=O) groups is 2. The number of rotatable bonds is 4. The van der Waals surface area contributed by atoms with Crippen molar-refractivity contribution >= 4 is 27.7 Å². The second kappa shape index (κ2) is 9.10. The first-order chi connectivity index (χ1) is 13.8. The average molecular weight is 426 g/mol. The highest BCUT2D eigenvalue weighted by atomic mass is 32.2. The molecular formula is C19H29N4O5S+. The van der Waals surface area contributed by atoms with Gasteiger partial charge >= 0.3 is 6.09 Å². The summed E-state index contributed by atoms with van der Waals surface area (Å²) in [6.45, 7) is 3.91. The van der Waals surface area contributed by atoms with E-state index in [4.69, 9.17) is 0 Å². The van der Waals surface area contributed by atoms with Crippen LogP contribution in [0.1, 0.15) is 12.8 Å². The van der Waals surface area contributed by atoms with E-state index in [-0.39, 0.29) is 23.3 Å². The molecule has 2 aliphatic rings. The maximum absolute atomic E-state index is 13.0. The predicted molar refractivity (Wildman–Crippen MR) is 107 cm³/mol. The highest BCUT2D eigenvalue weighted by Gasteiger charge is 2.36. The van der Waals surface area contributed by atoms with Gasteiger partial charge in [0, 0.05) is 18.8 Å². The number of piperazine rings is 1. The van der Waals surface area contributed by atoms with Crippen LogP contribution in [0.25, 0.3) is 0 Å². The number of hydrogen-bond donors (Lipinski definition) is 2. The number of amides is 2. The van der Waals surface area contributed by atoms with Gasteiger partial charge in [0.15, 0.2) is 0 Å². The molecule has 9 nitrogen and oxygen atoms in total. The maximum atomic E-state index is 13.0. The van der Waals surface area contributed by atoms with Gasteiger partial charge in [-0.2, -0.15) is 4.31 Å². The van der Waals surface area contributed by atoms with E-state index in [1.807, 2.05) is 4.90 Å². The Bertz CT molecular complexity index is 835. The number of ether oxygens (including phenoxy) is 1. The summed E-state index contributed by atoms with van der Waals surface area (Å²) >= 11 is 0. The van der Waals surface area contributed by atoms with Crippen LogP contribution in [0.3, 0.4) is 0 Å². The fourth-order valence-corrected chi connectivity index (χ4v) is 5.28. The van der Waals surface area contributed by atoms with E-state index >= 15 is 0 Å². The van der Waals surface area contributed by atoms with Crippen LogP contribution in [0.5, 0.6) is 0 Å². The van der Waals surface area contributed by atoms with E-state index in [2.05, 4.69) is 17.1 Å². The highest BCUT2D eigenvalue weighted by Crippen LogP contribution is 2.26. The molecule has 0 aromatic heterocycles. The van der Waals surface area contributed by atoms with E-state index < -0.39 is 16.1 Å². The smallest absolute Gasteiger partial charge is 0.411 e. The molecule has 2 fully saturated rings. The van der Waals surface area contributed by atoms with Crippen molar-refractivity contribution < 1.29 is 27.6 Å². The number of carbonyl (C=O) groups excluding carboxylic acids is 2. The third-order valence-corrected chi connectivity index (χ3v) is 7.47. The number of anilines is 1. The first kappa shape index (κ1) is 21.5. The molecule has 29 heavy (non-hydrogen) atoms. The molecule has 0 spiro atoms. The van der Waals surface area contributed by atoms with Crippen molar-refractivity contribution in [3.63, 3.8) is 0 Å². The van der Waals surface area contributed by atoms with Crippen molar-refractivity contribution in [1.82, 2.24) is 9.21 Å². The molecule has 2 aliphatic heterocycles. The van der Waals surface area contributed by atoms with Gasteiger partial charge in [-0.15, -0.1) is 0 Å². The lowest BCUT2D eigenvalue weighted by atomic mass is 9.98. The first-order valence-corrected chi connectivity index (χ1v) is 11.3. The summed E-state index contributed by atoms with van der Waals surface area (Å²) in [5.41, 5.74) is 0.444. The van der Waals surface area contributed by atoms with E-state index in [1.54, 1.807) is 0 Å². The fraction of sp³-hybridized carbons (Fsp3) is 0.579. The second-order valence-electron chi connectivity index (χ2n) is 7.63. The number of nitrogens with zero attached hydrogens (tertiary/aromatic N) is 2. The summed E-state index contributed by atoms with van der Waals surface area (Å²) in [6.07, 6.45) is 0.756. The summed E-state index contributed by atoms with van der Waals surface area (Å²) in [4.78, 5) is 27.6. The minimum absolute atomic E-state index is 0.0648. The molecule has 160 valence electrons. The predicted octanol–water partition coefficient (Wildman–Crippen LogP) is -0.377. The monoisotopic (exact) mass is 425 g/mol. The molecule has 1 aromatic carbocycles. The van der Waals surface area contributed by atoms with Crippen LogP contribution in [0.2, 0.25) is 0 Å². The Morgan fingerprint density at radius 1 is 1.14 bits per heavy atom. The third kappa shape index (κ3) is 5.06. The molecule has 10 heteroatoms. The number of methoxy groups -OCH3 is 1. The number of sulfonamides is 1. The van der Waals surface area contributed by atoms with Crippen molar-refractivity contribution in [2.24, 2.45) is 5.92 Å². The molecule has 1 atom stereocenters. The Hall–Kier alpha value is -2.17. The zero-order valence-corrected chi connectivity index (χ0v) is 17.7. The lowest BCUT2D eigenvalue weighted by Gasteiger charge is -2.36. The van der Waals surface area contributed by atoms with Gasteiger partial charge in [-0.05, 0) is 37.1 Å². The molecule has 3 rings (SSSR count). The topological polar surface area (TPSA) is 100 Å². The van der Waals surface area contributed by atoms with E-state index in [1.165, 1.54) is 40.6 Å². The highest BCUT2D eigenvalue weighted by molar-refractivity contribution is 7.89. The number of hydrogen-bond acceptors (Lipinski definition) is 5. The minimum atomic E-state index is -3.70. The first-order valence-electron chi connectivity index (χ1n) is 9.86. The van der Waals surface area contributed by atoms with Crippen molar-refractivity contribution in [1.29, 1.82) is 0 Å². The number of benzene rings is 1. The van der Waals surface area contributed by atoms with Crippen LogP contribution in [0.4, 0.5) is 10.5 Å². The number of nitrogens with one attached hydrogen (secondary N) is 2. The molecule has 0 radical (unpaired) electrons. The van der Waals surface area contributed by atoms with Crippen molar-refractivity contribution in [2.75, 3.05) is 58.7 Å². The van der Waals surface area contributed by atoms with Crippen LogP contribution in [0, 0.1) is 5.92 Å². The SMILES string of the molecule is COC(=O)Nc1ccc(S(=O)(=O)N2CCC[C@@H](C(=O)N3CC[NH+](C)CC3)C2)cc1. The van der Waals surface area contributed by atoms with Gasteiger partial charge in [0.05, 0.1) is 51.1 Å². The van der Waals surface area contributed by atoms with Gasteiger partial charge in [0.25, 0.3) is 0 Å². The van der Waals surface area contributed by atoms with Crippen molar-refractivity contribution in [2.45, 2.75) is 17.7 Å². The Balaban J connectivity index is 1.67. The van der Waals surface area contributed by atoms with Crippen molar-refractivity contribution in [3.05, 3.63) is 24.3 Å². The third-order valence-electron chi connectivity index (χ3n) is 5.59. The normalized spacial score (nSPS) is 21.6. The Morgan fingerprint density at radius 2 is 1.79 bits per heavy atom. The van der Waals surface area contributed by atoms with Gasteiger partial charge in [-0.25, -0.2) is 13.2 Å². The molecule has 0 aliphatic carbocycles. The van der Waals surface area contributed by atoms with E-state index in [0.717, 1.165) is 26.2 Å². The summed E-state index contributed by atoms with van der Waals surface area (Å²) in [6, 6.07) is 5.94. The van der Waals surface area contributed by atoms with Gasteiger partial charge in [0.1, 0.15) is 0 Å². The maximum Gasteiger partial charge on any atom is 0.411 e. The van der Waals surface area contributed by atoms with Crippen LogP contribution < -0.4 is 10.2 Å². The molecule has 0 saturated carbocycles. The summed E-state index contributed by atoms with van der Waals surface area (Å²) in [5, 5.41) is 2.49. The molecule has 2 saturated heterocycles. The molecule has 0 unspecified atom stereocenters. The van der Waals surface area contributed by atoms with Crippen LogP contribution in [0.15, 0.2) is 29.2 Å². The number of likely N-dealkylation sites (N-methyl/N-ethyl adjacent to an activating group) is 1. The summed E-state index contributed by atoms with van der Waals surface area (Å²) in [7, 11) is -0.335. The Labute approximate surface area is 171 Å². The summed E-state index contributed by atoms with van der Waals surface area (Å²) < 4.78 is 32.0.